The normalized spacial score (nSPS) is 11.6. The van der Waals surface area contributed by atoms with Crippen molar-refractivity contribution in [3.63, 3.8) is 0 Å². The van der Waals surface area contributed by atoms with Crippen LogP contribution >= 0.6 is 0 Å². The minimum atomic E-state index is -0.643. The highest BCUT2D eigenvalue weighted by molar-refractivity contribution is 5.69. The number of carboxylic acid groups (broad SMARTS) is 1. The molecule has 1 unspecified atom stereocenters. The van der Waals surface area contributed by atoms with Gasteiger partial charge in [0.2, 0.25) is 0 Å². The SMILES string of the molecule is CCCCC(CC)C(=O)O.CCCCCCCCn1ccnc1. The fourth-order valence-corrected chi connectivity index (χ4v) is 2.45. The van der Waals surface area contributed by atoms with E-state index in [1.54, 1.807) is 0 Å². The quantitative estimate of drug-likeness (QED) is 0.514. The van der Waals surface area contributed by atoms with E-state index in [0.29, 0.717) is 0 Å². The van der Waals surface area contributed by atoms with Gasteiger partial charge in [-0.3, -0.25) is 4.79 Å². The lowest BCUT2D eigenvalue weighted by Gasteiger charge is -2.06. The van der Waals surface area contributed by atoms with Gasteiger partial charge in [-0.2, -0.15) is 0 Å². The fourth-order valence-electron chi connectivity index (χ4n) is 2.45. The van der Waals surface area contributed by atoms with E-state index in [-0.39, 0.29) is 5.92 Å². The second kappa shape index (κ2) is 15.6. The average molecular weight is 325 g/mol. The van der Waals surface area contributed by atoms with Crippen LogP contribution in [0.15, 0.2) is 18.7 Å². The molecule has 0 saturated carbocycles. The van der Waals surface area contributed by atoms with Crippen LogP contribution in [0.25, 0.3) is 0 Å². The maximum absolute atomic E-state index is 10.4. The summed E-state index contributed by atoms with van der Waals surface area (Å²) in [5.41, 5.74) is 0. The number of imidazole rings is 1. The molecule has 1 rings (SSSR count). The van der Waals surface area contributed by atoms with Crippen LogP contribution in [0.2, 0.25) is 0 Å². The van der Waals surface area contributed by atoms with E-state index in [9.17, 15) is 4.79 Å². The van der Waals surface area contributed by atoms with Crippen LogP contribution < -0.4 is 0 Å². The number of aliphatic carboxylic acids is 1. The van der Waals surface area contributed by atoms with Crippen LogP contribution in [0.1, 0.15) is 85.0 Å². The van der Waals surface area contributed by atoms with Gasteiger partial charge < -0.3 is 9.67 Å². The largest absolute Gasteiger partial charge is 0.481 e. The Balaban J connectivity index is 0.000000438. The maximum Gasteiger partial charge on any atom is 0.306 e. The van der Waals surface area contributed by atoms with Gasteiger partial charge in [0.25, 0.3) is 0 Å². The Labute approximate surface area is 142 Å². The lowest BCUT2D eigenvalue weighted by molar-refractivity contribution is -0.142. The Morgan fingerprint density at radius 2 is 1.70 bits per heavy atom. The van der Waals surface area contributed by atoms with Gasteiger partial charge in [0, 0.05) is 18.9 Å². The Morgan fingerprint density at radius 3 is 2.22 bits per heavy atom. The lowest BCUT2D eigenvalue weighted by Crippen LogP contribution is -2.11. The summed E-state index contributed by atoms with van der Waals surface area (Å²) in [6.07, 6.45) is 17.7. The zero-order chi connectivity index (χ0) is 17.3. The third-order valence-electron chi connectivity index (χ3n) is 4.08. The van der Waals surface area contributed by atoms with Crippen LogP contribution in [0, 0.1) is 5.92 Å². The van der Waals surface area contributed by atoms with Crippen molar-refractivity contribution in [2.45, 2.75) is 91.5 Å². The molecule has 0 aliphatic rings. The van der Waals surface area contributed by atoms with E-state index < -0.39 is 5.97 Å². The minimum Gasteiger partial charge on any atom is -0.481 e. The van der Waals surface area contributed by atoms with Gasteiger partial charge in [0.05, 0.1) is 12.2 Å². The molecule has 1 atom stereocenters. The van der Waals surface area contributed by atoms with Crippen LogP contribution in [0.5, 0.6) is 0 Å². The third-order valence-corrected chi connectivity index (χ3v) is 4.08. The molecule has 1 heterocycles. The Morgan fingerprint density at radius 1 is 1.04 bits per heavy atom. The molecular formula is C19H36N2O2. The number of carbonyl (C=O) groups is 1. The summed E-state index contributed by atoms with van der Waals surface area (Å²) in [7, 11) is 0. The van der Waals surface area contributed by atoms with Crippen molar-refractivity contribution < 1.29 is 9.90 Å². The van der Waals surface area contributed by atoms with Gasteiger partial charge in [-0.05, 0) is 19.3 Å². The van der Waals surface area contributed by atoms with Gasteiger partial charge in [0.15, 0.2) is 0 Å². The molecule has 1 aromatic rings. The molecule has 0 radical (unpaired) electrons. The van der Waals surface area contributed by atoms with E-state index in [0.717, 1.165) is 32.2 Å². The summed E-state index contributed by atoms with van der Waals surface area (Å²) in [6, 6.07) is 0. The highest BCUT2D eigenvalue weighted by Gasteiger charge is 2.12. The highest BCUT2D eigenvalue weighted by Crippen LogP contribution is 2.11. The number of hydrogen-bond donors (Lipinski definition) is 1. The lowest BCUT2D eigenvalue weighted by atomic mass is 10.00. The Kier molecular flexibility index (Phi) is 14.7. The first-order valence-electron chi connectivity index (χ1n) is 9.34. The van der Waals surface area contributed by atoms with E-state index in [2.05, 4.69) is 23.4 Å². The molecule has 4 heteroatoms. The van der Waals surface area contributed by atoms with Gasteiger partial charge >= 0.3 is 5.97 Å². The Hall–Kier alpha value is -1.32. The van der Waals surface area contributed by atoms with E-state index >= 15 is 0 Å². The highest BCUT2D eigenvalue weighted by atomic mass is 16.4. The average Bonchev–Trinajstić information content (AvgIpc) is 3.05. The smallest absolute Gasteiger partial charge is 0.306 e. The topological polar surface area (TPSA) is 55.1 Å². The molecular weight excluding hydrogens is 288 g/mol. The summed E-state index contributed by atoms with van der Waals surface area (Å²) in [4.78, 5) is 14.4. The Bertz CT molecular complexity index is 363. The number of aryl methyl sites for hydroxylation is 1. The second-order valence-corrected chi connectivity index (χ2v) is 6.15. The van der Waals surface area contributed by atoms with Crippen molar-refractivity contribution in [2.75, 3.05) is 0 Å². The summed E-state index contributed by atoms with van der Waals surface area (Å²) in [5, 5.41) is 8.60. The fraction of sp³-hybridized carbons (Fsp3) is 0.789. The predicted octanol–water partition coefficient (Wildman–Crippen LogP) is 5.53. The molecule has 4 nitrogen and oxygen atoms in total. The van der Waals surface area contributed by atoms with E-state index in [1.165, 1.54) is 38.5 Å². The summed E-state index contributed by atoms with van der Waals surface area (Å²) >= 11 is 0. The van der Waals surface area contributed by atoms with Crippen molar-refractivity contribution in [3.8, 4) is 0 Å². The first kappa shape index (κ1) is 21.7. The van der Waals surface area contributed by atoms with E-state index in [1.807, 2.05) is 25.6 Å². The number of unbranched alkanes of at least 4 members (excludes halogenated alkanes) is 6. The number of nitrogens with zero attached hydrogens (tertiary/aromatic N) is 2. The summed E-state index contributed by atoms with van der Waals surface area (Å²) in [5.74, 6) is -0.754. The molecule has 0 aromatic carbocycles. The zero-order valence-electron chi connectivity index (χ0n) is 15.3. The molecule has 1 N–H and O–H groups in total. The first-order valence-corrected chi connectivity index (χ1v) is 9.34. The maximum atomic E-state index is 10.4. The van der Waals surface area contributed by atoms with Crippen molar-refractivity contribution >= 4 is 5.97 Å². The minimum absolute atomic E-state index is 0.111. The zero-order valence-corrected chi connectivity index (χ0v) is 15.3. The molecule has 0 saturated heterocycles. The summed E-state index contributed by atoms with van der Waals surface area (Å²) in [6.45, 7) is 7.39. The molecule has 1 aromatic heterocycles. The molecule has 0 spiro atoms. The molecule has 134 valence electrons. The molecule has 23 heavy (non-hydrogen) atoms. The van der Waals surface area contributed by atoms with Gasteiger partial charge in [-0.1, -0.05) is 65.7 Å². The second-order valence-electron chi connectivity index (χ2n) is 6.15. The van der Waals surface area contributed by atoms with Gasteiger partial charge in [0.1, 0.15) is 0 Å². The number of aromatic nitrogens is 2. The summed E-state index contributed by atoms with van der Waals surface area (Å²) < 4.78 is 2.15. The molecule has 0 fully saturated rings. The van der Waals surface area contributed by atoms with Crippen LogP contribution in [0.4, 0.5) is 0 Å². The number of rotatable bonds is 12. The molecule has 0 aliphatic carbocycles. The molecule has 0 bridgehead atoms. The third kappa shape index (κ3) is 12.9. The number of carboxylic acids is 1. The predicted molar refractivity (Wildman–Crippen MR) is 96.5 cm³/mol. The molecule has 0 amide bonds. The van der Waals surface area contributed by atoms with Crippen molar-refractivity contribution in [1.29, 1.82) is 0 Å². The van der Waals surface area contributed by atoms with Gasteiger partial charge in [-0.25, -0.2) is 4.98 Å². The number of hydrogen-bond acceptors (Lipinski definition) is 2. The van der Waals surface area contributed by atoms with Crippen molar-refractivity contribution in [3.05, 3.63) is 18.7 Å². The monoisotopic (exact) mass is 324 g/mol. The standard InChI is InChI=1S/C11H20N2.C8H16O2/c1-2-3-4-5-6-7-9-13-10-8-12-11-13;1-3-5-6-7(4-2)8(9)10/h8,10-11H,2-7,9H2,1H3;7H,3-6H2,1-2H3,(H,9,10). The van der Waals surface area contributed by atoms with Gasteiger partial charge in [-0.15, -0.1) is 0 Å². The van der Waals surface area contributed by atoms with Crippen LogP contribution in [-0.4, -0.2) is 20.6 Å². The van der Waals surface area contributed by atoms with Crippen LogP contribution in [-0.2, 0) is 11.3 Å². The first-order chi connectivity index (χ1) is 11.2. The van der Waals surface area contributed by atoms with Crippen molar-refractivity contribution in [2.24, 2.45) is 5.92 Å². The molecule has 0 aliphatic heterocycles. The van der Waals surface area contributed by atoms with Crippen molar-refractivity contribution in [1.82, 2.24) is 9.55 Å². The van der Waals surface area contributed by atoms with E-state index in [4.69, 9.17) is 5.11 Å². The van der Waals surface area contributed by atoms with Crippen LogP contribution in [0.3, 0.4) is 0 Å².